The molecule has 3 aromatic rings. The Labute approximate surface area is 213 Å². The molecule has 3 rings (SSSR count). The first-order chi connectivity index (χ1) is 17.3. The van der Waals surface area contributed by atoms with Gasteiger partial charge in [0.05, 0.1) is 12.0 Å². The first-order valence-electron chi connectivity index (χ1n) is 11.9. The SMILES string of the molecule is Cc1oc(-c2ccc(C(F)(F)F)cc2)cc1C(CC(C)C)Oc1ccc(C(=O)N(C)CCC(=O)O)cc1. The fourth-order valence-corrected chi connectivity index (χ4v) is 3.87. The van der Waals surface area contributed by atoms with Crippen molar-refractivity contribution in [1.29, 1.82) is 0 Å². The summed E-state index contributed by atoms with van der Waals surface area (Å²) in [5, 5.41) is 8.82. The highest BCUT2D eigenvalue weighted by atomic mass is 19.4. The molecule has 1 unspecified atom stereocenters. The highest BCUT2D eigenvalue weighted by molar-refractivity contribution is 5.94. The van der Waals surface area contributed by atoms with Crippen molar-refractivity contribution in [3.05, 3.63) is 77.0 Å². The number of ether oxygens (including phenoxy) is 1. The van der Waals surface area contributed by atoms with E-state index in [2.05, 4.69) is 13.8 Å². The molecule has 0 fully saturated rings. The van der Waals surface area contributed by atoms with Crippen LogP contribution in [0, 0.1) is 12.8 Å². The Kier molecular flexibility index (Phi) is 8.68. The Bertz CT molecular complexity index is 1210. The van der Waals surface area contributed by atoms with Crippen molar-refractivity contribution in [3.63, 3.8) is 0 Å². The van der Waals surface area contributed by atoms with E-state index in [4.69, 9.17) is 14.3 Å². The smallest absolute Gasteiger partial charge is 0.416 e. The van der Waals surface area contributed by atoms with E-state index in [-0.39, 0.29) is 30.9 Å². The van der Waals surface area contributed by atoms with Crippen LogP contribution in [0.2, 0.25) is 0 Å². The van der Waals surface area contributed by atoms with Gasteiger partial charge in [0.1, 0.15) is 23.4 Å². The number of nitrogens with zero attached hydrogens (tertiary/aromatic N) is 1. The van der Waals surface area contributed by atoms with E-state index in [0.29, 0.717) is 34.8 Å². The number of halogens is 3. The number of hydrogen-bond donors (Lipinski definition) is 1. The Balaban J connectivity index is 1.79. The normalized spacial score (nSPS) is 12.4. The van der Waals surface area contributed by atoms with Crippen molar-refractivity contribution in [3.8, 4) is 17.1 Å². The first-order valence-corrected chi connectivity index (χ1v) is 11.9. The molecule has 1 atom stereocenters. The number of aryl methyl sites for hydroxylation is 1. The Morgan fingerprint density at radius 2 is 1.68 bits per heavy atom. The lowest BCUT2D eigenvalue weighted by Crippen LogP contribution is -2.28. The van der Waals surface area contributed by atoms with Crippen molar-refractivity contribution in [2.24, 2.45) is 5.92 Å². The van der Waals surface area contributed by atoms with Gasteiger partial charge in [-0.1, -0.05) is 26.0 Å². The summed E-state index contributed by atoms with van der Waals surface area (Å²) in [7, 11) is 1.55. The molecule has 1 heterocycles. The van der Waals surface area contributed by atoms with Crippen LogP contribution in [0.15, 0.2) is 59.0 Å². The maximum atomic E-state index is 12.9. The molecule has 0 saturated carbocycles. The fourth-order valence-electron chi connectivity index (χ4n) is 3.87. The van der Waals surface area contributed by atoms with Gasteiger partial charge in [0.15, 0.2) is 0 Å². The second-order valence-electron chi connectivity index (χ2n) is 9.33. The molecule has 0 aliphatic heterocycles. The first kappa shape index (κ1) is 27.8. The molecule has 198 valence electrons. The molecular weight excluding hydrogens is 487 g/mol. The van der Waals surface area contributed by atoms with Crippen LogP contribution in [0.1, 0.15) is 60.0 Å². The second-order valence-corrected chi connectivity index (χ2v) is 9.33. The van der Waals surface area contributed by atoms with Crippen LogP contribution >= 0.6 is 0 Å². The minimum absolute atomic E-state index is 0.101. The van der Waals surface area contributed by atoms with E-state index in [1.54, 1.807) is 44.3 Å². The summed E-state index contributed by atoms with van der Waals surface area (Å²) in [4.78, 5) is 24.6. The predicted molar refractivity (Wildman–Crippen MR) is 132 cm³/mol. The monoisotopic (exact) mass is 517 g/mol. The van der Waals surface area contributed by atoms with Crippen LogP contribution in [0.5, 0.6) is 5.75 Å². The number of hydrogen-bond acceptors (Lipinski definition) is 4. The van der Waals surface area contributed by atoms with Crippen LogP contribution in [-0.4, -0.2) is 35.5 Å². The van der Waals surface area contributed by atoms with Gasteiger partial charge in [-0.2, -0.15) is 13.2 Å². The minimum Gasteiger partial charge on any atom is -0.486 e. The van der Waals surface area contributed by atoms with Crippen molar-refractivity contribution >= 4 is 11.9 Å². The number of amides is 1. The number of furan rings is 1. The standard InChI is InChI=1S/C28H30F3NO5/c1-17(2)15-25(37-22-11-7-20(8-12-22)27(35)32(4)14-13-26(33)34)23-16-24(36-18(23)3)19-5-9-21(10-6-19)28(29,30)31/h5-12,16-17,25H,13-15H2,1-4H3,(H,33,34). The second kappa shape index (κ2) is 11.5. The van der Waals surface area contributed by atoms with Crippen molar-refractivity contribution < 1.29 is 37.0 Å². The van der Waals surface area contributed by atoms with Gasteiger partial charge < -0.3 is 19.2 Å². The van der Waals surface area contributed by atoms with E-state index in [0.717, 1.165) is 17.7 Å². The third kappa shape index (κ3) is 7.38. The van der Waals surface area contributed by atoms with E-state index >= 15 is 0 Å². The van der Waals surface area contributed by atoms with Crippen molar-refractivity contribution in [1.82, 2.24) is 4.90 Å². The number of carboxylic acid groups (broad SMARTS) is 1. The lowest BCUT2D eigenvalue weighted by molar-refractivity contribution is -0.138. The van der Waals surface area contributed by atoms with Crippen LogP contribution < -0.4 is 4.74 Å². The molecule has 37 heavy (non-hydrogen) atoms. The largest absolute Gasteiger partial charge is 0.486 e. The average Bonchev–Trinajstić information content (AvgIpc) is 3.23. The number of carboxylic acids is 1. The molecule has 0 aliphatic carbocycles. The third-order valence-electron chi connectivity index (χ3n) is 5.87. The van der Waals surface area contributed by atoms with Crippen LogP contribution in [0.4, 0.5) is 13.2 Å². The van der Waals surface area contributed by atoms with Gasteiger partial charge in [-0.05, 0) is 61.7 Å². The molecule has 1 aromatic heterocycles. The van der Waals surface area contributed by atoms with Gasteiger partial charge in [-0.3, -0.25) is 9.59 Å². The highest BCUT2D eigenvalue weighted by Gasteiger charge is 2.30. The Hall–Kier alpha value is -3.75. The van der Waals surface area contributed by atoms with Crippen LogP contribution in [0.3, 0.4) is 0 Å². The molecule has 0 bridgehead atoms. The highest BCUT2D eigenvalue weighted by Crippen LogP contribution is 2.36. The molecule has 9 heteroatoms. The molecular formula is C28H30F3NO5. The summed E-state index contributed by atoms with van der Waals surface area (Å²) in [5.41, 5.74) is 0.998. The van der Waals surface area contributed by atoms with Gasteiger partial charge in [-0.15, -0.1) is 0 Å². The lowest BCUT2D eigenvalue weighted by atomic mass is 9.99. The topological polar surface area (TPSA) is 80.0 Å². The van der Waals surface area contributed by atoms with E-state index in [1.165, 1.54) is 17.0 Å². The number of carbonyl (C=O) groups excluding carboxylic acids is 1. The van der Waals surface area contributed by atoms with E-state index in [1.807, 2.05) is 0 Å². The van der Waals surface area contributed by atoms with Crippen LogP contribution in [-0.2, 0) is 11.0 Å². The molecule has 2 aromatic carbocycles. The molecule has 0 saturated heterocycles. The zero-order valence-electron chi connectivity index (χ0n) is 21.1. The van der Waals surface area contributed by atoms with Gasteiger partial charge in [-0.25, -0.2) is 0 Å². The van der Waals surface area contributed by atoms with E-state index < -0.39 is 17.7 Å². The zero-order chi connectivity index (χ0) is 27.3. The number of rotatable bonds is 10. The molecule has 0 spiro atoms. The maximum Gasteiger partial charge on any atom is 0.416 e. The van der Waals surface area contributed by atoms with Gasteiger partial charge in [0.25, 0.3) is 5.91 Å². The summed E-state index contributed by atoms with van der Waals surface area (Å²) in [5.74, 6) is 0.593. The van der Waals surface area contributed by atoms with Gasteiger partial charge >= 0.3 is 12.1 Å². The zero-order valence-corrected chi connectivity index (χ0v) is 21.1. The summed E-state index contributed by atoms with van der Waals surface area (Å²) >= 11 is 0. The summed E-state index contributed by atoms with van der Waals surface area (Å²) in [6.07, 6.45) is -4.27. The number of carbonyl (C=O) groups is 2. The summed E-state index contributed by atoms with van der Waals surface area (Å²) in [6.45, 7) is 5.99. The third-order valence-corrected chi connectivity index (χ3v) is 5.87. The van der Waals surface area contributed by atoms with Gasteiger partial charge in [0, 0.05) is 30.3 Å². The summed E-state index contributed by atoms with van der Waals surface area (Å²) in [6, 6.07) is 13.2. The molecule has 0 aliphatic rings. The number of aliphatic carboxylic acids is 1. The minimum atomic E-state index is -4.41. The summed E-state index contributed by atoms with van der Waals surface area (Å²) < 4.78 is 50.9. The molecule has 1 amide bonds. The molecule has 6 nitrogen and oxygen atoms in total. The van der Waals surface area contributed by atoms with E-state index in [9.17, 15) is 22.8 Å². The fraction of sp³-hybridized carbons (Fsp3) is 0.357. The van der Waals surface area contributed by atoms with Gasteiger partial charge in [0.2, 0.25) is 0 Å². The Morgan fingerprint density at radius 3 is 2.22 bits per heavy atom. The van der Waals surface area contributed by atoms with Crippen LogP contribution in [0.25, 0.3) is 11.3 Å². The van der Waals surface area contributed by atoms with Crippen molar-refractivity contribution in [2.45, 2.75) is 45.9 Å². The lowest BCUT2D eigenvalue weighted by Gasteiger charge is -2.21. The number of benzene rings is 2. The quantitative estimate of drug-likeness (QED) is 0.314. The predicted octanol–water partition coefficient (Wildman–Crippen LogP) is 6.99. The number of alkyl halides is 3. The molecule has 1 N–H and O–H groups in total. The Morgan fingerprint density at radius 1 is 1.05 bits per heavy atom. The average molecular weight is 518 g/mol. The van der Waals surface area contributed by atoms with Crippen molar-refractivity contribution in [2.75, 3.05) is 13.6 Å². The maximum absolute atomic E-state index is 12.9. The molecule has 0 radical (unpaired) electrons.